The van der Waals surface area contributed by atoms with Crippen LogP contribution in [0.1, 0.15) is 36.7 Å². The predicted octanol–water partition coefficient (Wildman–Crippen LogP) is 3.42. The van der Waals surface area contributed by atoms with E-state index >= 15 is 0 Å². The Morgan fingerprint density at radius 1 is 1.38 bits per heavy atom. The molecule has 1 N–H and O–H groups in total. The highest BCUT2D eigenvalue weighted by Crippen LogP contribution is 2.30. The van der Waals surface area contributed by atoms with E-state index in [1.807, 2.05) is 0 Å². The largest absolute Gasteiger partial charge is 0.507 e. The molecule has 0 spiro atoms. The van der Waals surface area contributed by atoms with Crippen molar-refractivity contribution in [2.24, 2.45) is 0 Å². The molecule has 0 aliphatic rings. The molecule has 0 radical (unpaired) electrons. The minimum atomic E-state index is -0.577. The number of carbonyl (C=O) groups is 1. The molecule has 0 aliphatic carbocycles. The standard InChI is InChI=1S/C12H15BrO3/c1-7-5-6-8(13)9(10(7)14)11(15)16-12(2,3)4/h5-6,14H,1-4H3. The second-order valence-electron chi connectivity index (χ2n) is 4.59. The maximum Gasteiger partial charge on any atom is 0.343 e. The van der Waals surface area contributed by atoms with E-state index in [1.54, 1.807) is 39.8 Å². The quantitative estimate of drug-likeness (QED) is 0.805. The molecule has 0 aromatic heterocycles. The monoisotopic (exact) mass is 286 g/mol. The molecule has 0 unspecified atom stereocenters. The van der Waals surface area contributed by atoms with Crippen LogP contribution in [-0.2, 0) is 4.74 Å². The van der Waals surface area contributed by atoms with Gasteiger partial charge in [0.1, 0.15) is 16.9 Å². The fourth-order valence-electron chi connectivity index (χ4n) is 1.19. The van der Waals surface area contributed by atoms with Gasteiger partial charge in [-0.05, 0) is 55.3 Å². The summed E-state index contributed by atoms with van der Waals surface area (Å²) in [6.45, 7) is 7.08. The topological polar surface area (TPSA) is 46.5 Å². The van der Waals surface area contributed by atoms with Gasteiger partial charge in [-0.3, -0.25) is 0 Å². The molecule has 0 saturated heterocycles. The van der Waals surface area contributed by atoms with Gasteiger partial charge in [0.05, 0.1) is 0 Å². The van der Waals surface area contributed by atoms with Crippen molar-refractivity contribution in [3.8, 4) is 5.75 Å². The van der Waals surface area contributed by atoms with Crippen LogP contribution in [0.5, 0.6) is 5.75 Å². The van der Waals surface area contributed by atoms with Gasteiger partial charge in [-0.2, -0.15) is 0 Å². The SMILES string of the molecule is Cc1ccc(Br)c(C(=O)OC(C)(C)C)c1O. The van der Waals surface area contributed by atoms with Crippen LogP contribution in [0, 0.1) is 6.92 Å². The van der Waals surface area contributed by atoms with E-state index in [4.69, 9.17) is 4.74 Å². The van der Waals surface area contributed by atoms with Crippen LogP contribution < -0.4 is 0 Å². The van der Waals surface area contributed by atoms with Gasteiger partial charge in [-0.1, -0.05) is 6.07 Å². The van der Waals surface area contributed by atoms with Crippen LogP contribution in [0.2, 0.25) is 0 Å². The summed E-state index contributed by atoms with van der Waals surface area (Å²) < 4.78 is 5.74. The lowest BCUT2D eigenvalue weighted by Gasteiger charge is -2.20. The summed E-state index contributed by atoms with van der Waals surface area (Å²) in [4.78, 5) is 11.8. The van der Waals surface area contributed by atoms with Crippen molar-refractivity contribution in [2.45, 2.75) is 33.3 Å². The third-order valence-corrected chi connectivity index (χ3v) is 2.59. The number of aryl methyl sites for hydroxylation is 1. The molecule has 1 rings (SSSR count). The number of hydrogen-bond donors (Lipinski definition) is 1. The predicted molar refractivity (Wildman–Crippen MR) is 65.7 cm³/mol. The lowest BCUT2D eigenvalue weighted by Crippen LogP contribution is -2.24. The zero-order valence-electron chi connectivity index (χ0n) is 9.80. The Hall–Kier alpha value is -1.03. The lowest BCUT2D eigenvalue weighted by atomic mass is 10.1. The zero-order chi connectivity index (χ0) is 12.5. The maximum atomic E-state index is 11.8. The summed E-state index contributed by atoms with van der Waals surface area (Å²) in [5.41, 5.74) is 0.242. The Morgan fingerprint density at radius 3 is 2.44 bits per heavy atom. The van der Waals surface area contributed by atoms with Crippen molar-refractivity contribution < 1.29 is 14.6 Å². The number of benzene rings is 1. The van der Waals surface area contributed by atoms with Crippen molar-refractivity contribution in [3.05, 3.63) is 27.7 Å². The highest BCUT2D eigenvalue weighted by molar-refractivity contribution is 9.10. The van der Waals surface area contributed by atoms with Crippen molar-refractivity contribution in [1.82, 2.24) is 0 Å². The molecule has 0 heterocycles. The first kappa shape index (κ1) is 13.0. The van der Waals surface area contributed by atoms with Gasteiger partial charge < -0.3 is 9.84 Å². The van der Waals surface area contributed by atoms with Crippen LogP contribution >= 0.6 is 15.9 Å². The van der Waals surface area contributed by atoms with Gasteiger partial charge >= 0.3 is 5.97 Å². The van der Waals surface area contributed by atoms with Gasteiger partial charge in [0.15, 0.2) is 0 Å². The third-order valence-electron chi connectivity index (χ3n) is 1.93. The van der Waals surface area contributed by atoms with Crippen LogP contribution in [0.15, 0.2) is 16.6 Å². The fourth-order valence-corrected chi connectivity index (χ4v) is 1.68. The first-order chi connectivity index (χ1) is 7.22. The Morgan fingerprint density at radius 2 is 1.94 bits per heavy atom. The Bertz CT molecular complexity index is 419. The number of halogens is 1. The molecule has 0 bridgehead atoms. The molecule has 0 saturated carbocycles. The minimum absolute atomic E-state index is 0.0383. The number of rotatable bonds is 1. The number of phenols is 1. The summed E-state index contributed by atoms with van der Waals surface area (Å²) >= 11 is 3.23. The number of aromatic hydroxyl groups is 1. The Kier molecular flexibility index (Phi) is 3.63. The molecule has 3 nitrogen and oxygen atoms in total. The smallest absolute Gasteiger partial charge is 0.343 e. The van der Waals surface area contributed by atoms with Gasteiger partial charge in [-0.25, -0.2) is 4.79 Å². The highest BCUT2D eigenvalue weighted by Gasteiger charge is 2.23. The van der Waals surface area contributed by atoms with E-state index in [-0.39, 0.29) is 11.3 Å². The number of ether oxygens (including phenoxy) is 1. The second-order valence-corrected chi connectivity index (χ2v) is 5.44. The van der Waals surface area contributed by atoms with Gasteiger partial charge in [-0.15, -0.1) is 0 Å². The van der Waals surface area contributed by atoms with E-state index in [0.29, 0.717) is 10.0 Å². The zero-order valence-corrected chi connectivity index (χ0v) is 11.4. The number of esters is 1. The summed E-state index contributed by atoms with van der Waals surface area (Å²) in [6.07, 6.45) is 0. The molecule has 1 aromatic rings. The van der Waals surface area contributed by atoms with Gasteiger partial charge in [0.2, 0.25) is 0 Å². The summed E-state index contributed by atoms with van der Waals surface area (Å²) in [5, 5.41) is 9.81. The lowest BCUT2D eigenvalue weighted by molar-refractivity contribution is 0.00656. The van der Waals surface area contributed by atoms with Crippen molar-refractivity contribution in [2.75, 3.05) is 0 Å². The maximum absolute atomic E-state index is 11.8. The number of carbonyl (C=O) groups excluding carboxylic acids is 1. The highest BCUT2D eigenvalue weighted by atomic mass is 79.9. The molecule has 16 heavy (non-hydrogen) atoms. The molecule has 88 valence electrons. The van der Waals surface area contributed by atoms with Crippen molar-refractivity contribution in [3.63, 3.8) is 0 Å². The van der Waals surface area contributed by atoms with Crippen LogP contribution in [0.4, 0.5) is 0 Å². The molecular formula is C12H15BrO3. The van der Waals surface area contributed by atoms with E-state index in [0.717, 1.165) is 0 Å². The van der Waals surface area contributed by atoms with E-state index in [2.05, 4.69) is 15.9 Å². The van der Waals surface area contributed by atoms with E-state index in [1.165, 1.54) is 0 Å². The molecular weight excluding hydrogens is 272 g/mol. The minimum Gasteiger partial charge on any atom is -0.507 e. The van der Waals surface area contributed by atoms with E-state index < -0.39 is 11.6 Å². The van der Waals surface area contributed by atoms with Crippen LogP contribution in [0.3, 0.4) is 0 Å². The van der Waals surface area contributed by atoms with Gasteiger partial charge in [0.25, 0.3) is 0 Å². The summed E-state index contributed by atoms with van der Waals surface area (Å²) in [6, 6.07) is 3.45. The van der Waals surface area contributed by atoms with Gasteiger partial charge in [0, 0.05) is 4.47 Å². The number of phenolic OH excluding ortho intramolecular Hbond substituents is 1. The molecule has 4 heteroatoms. The molecule has 0 fully saturated rings. The summed E-state index contributed by atoms with van der Waals surface area (Å²) in [7, 11) is 0. The molecule has 0 aliphatic heterocycles. The Labute approximate surface area is 104 Å². The number of hydrogen-bond acceptors (Lipinski definition) is 3. The van der Waals surface area contributed by atoms with Crippen molar-refractivity contribution >= 4 is 21.9 Å². The summed E-state index contributed by atoms with van der Waals surface area (Å²) in [5.74, 6) is -0.566. The molecule has 0 amide bonds. The molecule has 0 atom stereocenters. The van der Waals surface area contributed by atoms with Crippen LogP contribution in [-0.4, -0.2) is 16.7 Å². The first-order valence-corrected chi connectivity index (χ1v) is 5.73. The van der Waals surface area contributed by atoms with E-state index in [9.17, 15) is 9.90 Å². The molecule has 1 aromatic carbocycles. The van der Waals surface area contributed by atoms with Crippen molar-refractivity contribution in [1.29, 1.82) is 0 Å². The fraction of sp³-hybridized carbons (Fsp3) is 0.417. The Balaban J connectivity index is 3.14. The first-order valence-electron chi connectivity index (χ1n) is 4.94. The average Bonchev–Trinajstić information content (AvgIpc) is 2.09. The third kappa shape index (κ3) is 2.98. The average molecular weight is 287 g/mol. The second kappa shape index (κ2) is 4.45. The normalized spacial score (nSPS) is 11.3. The van der Waals surface area contributed by atoms with Crippen LogP contribution in [0.25, 0.3) is 0 Å².